The van der Waals surface area contributed by atoms with E-state index in [1.165, 1.54) is 42.4 Å². The average molecular weight is 438 g/mol. The minimum Gasteiger partial charge on any atom is -0.393 e. The van der Waals surface area contributed by atoms with E-state index < -0.39 is 0 Å². The van der Waals surface area contributed by atoms with Gasteiger partial charge >= 0.3 is 0 Å². The number of rotatable bonds is 5. The molecule has 1 aromatic carbocycles. The number of aliphatic hydroxyl groups excluding tert-OH is 1. The number of amides is 1. The van der Waals surface area contributed by atoms with Gasteiger partial charge in [-0.2, -0.15) is 0 Å². The van der Waals surface area contributed by atoms with Crippen molar-refractivity contribution in [3.05, 3.63) is 46.5 Å². The van der Waals surface area contributed by atoms with Crippen molar-refractivity contribution in [1.29, 1.82) is 0 Å². The van der Waals surface area contributed by atoms with Gasteiger partial charge < -0.3 is 10.4 Å². The molecule has 3 nitrogen and oxygen atoms in total. The Kier molecular flexibility index (Phi) is 6.60. The van der Waals surface area contributed by atoms with Gasteiger partial charge in [0.05, 0.1) is 6.10 Å². The number of nitrogens with one attached hydrogen (secondary N) is 1. The lowest BCUT2D eigenvalue weighted by atomic mass is 9.43. The molecule has 0 saturated heterocycles. The fourth-order valence-corrected chi connectivity index (χ4v) is 7.78. The summed E-state index contributed by atoms with van der Waals surface area (Å²) in [6.45, 7) is 12.1. The molecule has 3 aliphatic rings. The van der Waals surface area contributed by atoms with Crippen molar-refractivity contribution < 1.29 is 9.90 Å². The number of hydrogen-bond donors (Lipinski definition) is 2. The van der Waals surface area contributed by atoms with Crippen molar-refractivity contribution in [2.45, 2.75) is 98.6 Å². The van der Waals surface area contributed by atoms with E-state index in [2.05, 4.69) is 64.2 Å². The highest BCUT2D eigenvalue weighted by molar-refractivity contribution is 5.76. The summed E-state index contributed by atoms with van der Waals surface area (Å²) in [4.78, 5) is 12.7. The van der Waals surface area contributed by atoms with Crippen molar-refractivity contribution in [3.8, 4) is 0 Å². The van der Waals surface area contributed by atoms with E-state index in [9.17, 15) is 9.90 Å². The maximum Gasteiger partial charge on any atom is 0.220 e. The summed E-state index contributed by atoms with van der Waals surface area (Å²) in [5.41, 5.74) is 5.83. The normalized spacial score (nSPS) is 33.9. The van der Waals surface area contributed by atoms with Gasteiger partial charge in [0.1, 0.15) is 0 Å². The molecule has 3 unspecified atom stereocenters. The molecule has 0 spiro atoms. The Hall–Kier alpha value is -1.61. The minimum absolute atomic E-state index is 0.00399. The van der Waals surface area contributed by atoms with Crippen molar-refractivity contribution in [3.63, 3.8) is 0 Å². The largest absolute Gasteiger partial charge is 0.393 e. The Morgan fingerprint density at radius 1 is 1.12 bits per heavy atom. The van der Waals surface area contributed by atoms with Gasteiger partial charge in [0.25, 0.3) is 0 Å². The minimum atomic E-state index is -0.172. The van der Waals surface area contributed by atoms with Crippen LogP contribution in [0.3, 0.4) is 0 Å². The van der Waals surface area contributed by atoms with E-state index in [0.29, 0.717) is 36.1 Å². The van der Waals surface area contributed by atoms with Crippen LogP contribution in [0.5, 0.6) is 0 Å². The maximum atomic E-state index is 12.7. The first kappa shape index (κ1) is 23.5. The molecule has 0 radical (unpaired) electrons. The molecular weight excluding hydrogens is 394 g/mol. The summed E-state index contributed by atoms with van der Waals surface area (Å²) >= 11 is 0. The second kappa shape index (κ2) is 8.97. The topological polar surface area (TPSA) is 49.3 Å². The Morgan fingerprint density at radius 3 is 2.66 bits per heavy atom. The highest BCUT2D eigenvalue weighted by Crippen LogP contribution is 2.64. The monoisotopic (exact) mass is 437 g/mol. The predicted molar refractivity (Wildman–Crippen MR) is 131 cm³/mol. The number of fused-ring (bicyclic) bond motifs is 3. The first-order valence-electron chi connectivity index (χ1n) is 12.8. The first-order valence-corrected chi connectivity index (χ1v) is 12.8. The molecule has 5 atom stereocenters. The molecule has 3 heteroatoms. The molecule has 0 heterocycles. The SMILES string of the molecule is CC1=C(CCC(=O)NCc2cccc(C)c2)C2CCC3C(C)(C)[C@@H](O)CC[C@]3(C)C2CC1. The lowest BCUT2D eigenvalue weighted by molar-refractivity contribution is -0.149. The van der Waals surface area contributed by atoms with E-state index in [1.807, 2.05) is 0 Å². The van der Waals surface area contributed by atoms with Crippen LogP contribution in [0, 0.1) is 35.5 Å². The van der Waals surface area contributed by atoms with Crippen LogP contribution >= 0.6 is 0 Å². The third-order valence-electron chi connectivity index (χ3n) is 9.63. The summed E-state index contributed by atoms with van der Waals surface area (Å²) in [5, 5.41) is 13.9. The van der Waals surface area contributed by atoms with Crippen LogP contribution in [0.2, 0.25) is 0 Å². The third kappa shape index (κ3) is 4.30. The van der Waals surface area contributed by atoms with Crippen LogP contribution in [-0.2, 0) is 11.3 Å². The standard InChI is InChI=1S/C29H43NO2/c1-19-7-6-8-21(17-19)18-30-27(32)14-11-22-20(2)9-12-24-23(22)10-13-25-28(3,4)26(31)15-16-29(24,25)5/h6-8,17,23-26,31H,9-16,18H2,1-5H3,(H,30,32)/t23?,24?,25?,26-,29+/m0/s1. The summed E-state index contributed by atoms with van der Waals surface area (Å²) in [5.74, 6) is 2.08. The molecule has 176 valence electrons. The Balaban J connectivity index is 1.41. The fourth-order valence-electron chi connectivity index (χ4n) is 7.78. The lowest BCUT2D eigenvalue weighted by Gasteiger charge is -2.62. The van der Waals surface area contributed by atoms with E-state index >= 15 is 0 Å². The first-order chi connectivity index (χ1) is 15.1. The molecule has 0 aromatic heterocycles. The van der Waals surface area contributed by atoms with Crippen molar-refractivity contribution in [1.82, 2.24) is 5.32 Å². The molecule has 32 heavy (non-hydrogen) atoms. The van der Waals surface area contributed by atoms with Gasteiger partial charge in [-0.3, -0.25) is 4.79 Å². The van der Waals surface area contributed by atoms with E-state index in [1.54, 1.807) is 5.57 Å². The van der Waals surface area contributed by atoms with Crippen LogP contribution < -0.4 is 5.32 Å². The van der Waals surface area contributed by atoms with Crippen LogP contribution in [0.1, 0.15) is 90.2 Å². The molecule has 2 saturated carbocycles. The molecule has 2 N–H and O–H groups in total. The zero-order valence-corrected chi connectivity index (χ0v) is 20.8. The van der Waals surface area contributed by atoms with Gasteiger partial charge in [0, 0.05) is 13.0 Å². The maximum absolute atomic E-state index is 12.7. The molecular formula is C29H43NO2. The van der Waals surface area contributed by atoms with Crippen molar-refractivity contribution in [2.75, 3.05) is 0 Å². The van der Waals surface area contributed by atoms with Gasteiger partial charge in [-0.1, -0.05) is 61.7 Å². The molecule has 3 aliphatic carbocycles. The van der Waals surface area contributed by atoms with E-state index in [4.69, 9.17) is 0 Å². The number of aryl methyl sites for hydroxylation is 1. The van der Waals surface area contributed by atoms with Crippen molar-refractivity contribution in [2.24, 2.45) is 28.6 Å². The van der Waals surface area contributed by atoms with Gasteiger partial charge in [-0.15, -0.1) is 0 Å². The third-order valence-corrected chi connectivity index (χ3v) is 9.63. The van der Waals surface area contributed by atoms with Crippen LogP contribution in [0.25, 0.3) is 0 Å². The number of carbonyl (C=O) groups excluding carboxylic acids is 1. The summed E-state index contributed by atoms with van der Waals surface area (Å²) in [6.07, 6.45) is 8.28. The number of carbonyl (C=O) groups is 1. The Bertz CT molecular complexity index is 885. The Morgan fingerprint density at radius 2 is 1.91 bits per heavy atom. The lowest BCUT2D eigenvalue weighted by Crippen LogP contribution is -2.56. The molecule has 2 fully saturated rings. The number of allylic oxidation sites excluding steroid dienone is 2. The second-order valence-electron chi connectivity index (χ2n) is 11.8. The highest BCUT2D eigenvalue weighted by atomic mass is 16.3. The van der Waals surface area contributed by atoms with Crippen molar-refractivity contribution >= 4 is 5.91 Å². The van der Waals surface area contributed by atoms with Crippen LogP contribution in [0.4, 0.5) is 0 Å². The smallest absolute Gasteiger partial charge is 0.220 e. The average Bonchev–Trinajstić information content (AvgIpc) is 2.74. The van der Waals surface area contributed by atoms with Gasteiger partial charge in [-0.05, 0) is 92.9 Å². The summed E-state index contributed by atoms with van der Waals surface area (Å²) < 4.78 is 0. The van der Waals surface area contributed by atoms with Gasteiger partial charge in [0.15, 0.2) is 0 Å². The molecule has 4 rings (SSSR count). The van der Waals surface area contributed by atoms with Gasteiger partial charge in [0.2, 0.25) is 5.91 Å². The second-order valence-corrected chi connectivity index (χ2v) is 11.8. The zero-order valence-electron chi connectivity index (χ0n) is 20.8. The molecule has 1 aromatic rings. The number of benzene rings is 1. The summed E-state index contributed by atoms with van der Waals surface area (Å²) in [6, 6.07) is 8.35. The number of hydrogen-bond acceptors (Lipinski definition) is 2. The molecule has 0 bridgehead atoms. The van der Waals surface area contributed by atoms with Crippen LogP contribution in [0.15, 0.2) is 35.4 Å². The highest BCUT2D eigenvalue weighted by Gasteiger charge is 2.58. The number of aliphatic hydroxyl groups is 1. The molecule has 1 amide bonds. The summed E-state index contributed by atoms with van der Waals surface area (Å²) in [7, 11) is 0. The zero-order chi connectivity index (χ0) is 23.1. The fraction of sp³-hybridized carbons (Fsp3) is 0.690. The van der Waals surface area contributed by atoms with Gasteiger partial charge in [-0.25, -0.2) is 0 Å². The van der Waals surface area contributed by atoms with Crippen LogP contribution in [-0.4, -0.2) is 17.1 Å². The molecule has 0 aliphatic heterocycles. The van der Waals surface area contributed by atoms with E-state index in [-0.39, 0.29) is 17.4 Å². The predicted octanol–water partition coefficient (Wildman–Crippen LogP) is 6.33. The quantitative estimate of drug-likeness (QED) is 0.529. The van der Waals surface area contributed by atoms with E-state index in [0.717, 1.165) is 19.3 Å². The Labute approximate surface area is 195 Å².